The minimum absolute atomic E-state index is 0.939. The number of aromatic amines is 1. The standard InChI is InChI=1S/C9H10N4/c1-2-6-4-11-9-7(6)8(10-3-1)12-5-13-9/h4-5H,1-3H2,(H2,10,11,12,13). The first-order valence-electron chi connectivity index (χ1n) is 4.50. The molecule has 0 aromatic carbocycles. The molecule has 3 heterocycles. The Morgan fingerprint density at radius 1 is 1.31 bits per heavy atom. The molecule has 4 heteroatoms. The molecule has 4 nitrogen and oxygen atoms in total. The maximum Gasteiger partial charge on any atom is 0.143 e. The van der Waals surface area contributed by atoms with Gasteiger partial charge < -0.3 is 10.3 Å². The zero-order chi connectivity index (χ0) is 8.67. The molecule has 0 saturated carbocycles. The van der Waals surface area contributed by atoms with Crippen molar-refractivity contribution < 1.29 is 0 Å². The summed E-state index contributed by atoms with van der Waals surface area (Å²) in [5.74, 6) is 0.971. The van der Waals surface area contributed by atoms with Crippen LogP contribution in [0, 0.1) is 0 Å². The normalized spacial score (nSPS) is 15.4. The van der Waals surface area contributed by atoms with Crippen LogP contribution in [-0.2, 0) is 6.42 Å². The quantitative estimate of drug-likeness (QED) is 0.633. The SMILES string of the molecule is c1nc2c3c(c[nH]c3n1)CCCN2. The van der Waals surface area contributed by atoms with Crippen LogP contribution in [0.2, 0.25) is 0 Å². The van der Waals surface area contributed by atoms with Crippen LogP contribution in [0.15, 0.2) is 12.5 Å². The summed E-state index contributed by atoms with van der Waals surface area (Å²) >= 11 is 0. The third kappa shape index (κ3) is 0.915. The number of H-pyrrole nitrogens is 1. The van der Waals surface area contributed by atoms with Crippen LogP contribution in [0.1, 0.15) is 12.0 Å². The van der Waals surface area contributed by atoms with E-state index >= 15 is 0 Å². The van der Waals surface area contributed by atoms with E-state index in [1.54, 1.807) is 6.33 Å². The highest BCUT2D eigenvalue weighted by Gasteiger charge is 2.12. The number of hydrogen-bond acceptors (Lipinski definition) is 3. The van der Waals surface area contributed by atoms with Gasteiger partial charge >= 0.3 is 0 Å². The Hall–Kier alpha value is -1.58. The fraction of sp³-hybridized carbons (Fsp3) is 0.333. The molecule has 0 bridgehead atoms. The Balaban J connectivity index is 2.40. The monoisotopic (exact) mass is 174 g/mol. The second-order valence-corrected chi connectivity index (χ2v) is 3.29. The van der Waals surface area contributed by atoms with Gasteiger partial charge in [0.15, 0.2) is 0 Å². The van der Waals surface area contributed by atoms with Crippen molar-refractivity contribution in [2.24, 2.45) is 0 Å². The maximum atomic E-state index is 4.23. The third-order valence-corrected chi connectivity index (χ3v) is 2.47. The predicted molar refractivity (Wildman–Crippen MR) is 50.7 cm³/mol. The summed E-state index contributed by atoms with van der Waals surface area (Å²) in [6.07, 6.45) is 5.89. The summed E-state index contributed by atoms with van der Waals surface area (Å²) in [4.78, 5) is 11.6. The summed E-state index contributed by atoms with van der Waals surface area (Å²) in [5, 5.41) is 4.47. The van der Waals surface area contributed by atoms with Gasteiger partial charge in [-0.1, -0.05) is 0 Å². The van der Waals surface area contributed by atoms with Gasteiger partial charge in [-0.3, -0.25) is 0 Å². The molecule has 2 aromatic heterocycles. The van der Waals surface area contributed by atoms with Crippen LogP contribution in [0.3, 0.4) is 0 Å². The van der Waals surface area contributed by atoms with Gasteiger partial charge in [-0.05, 0) is 18.4 Å². The first-order valence-corrected chi connectivity index (χ1v) is 4.50. The molecule has 3 rings (SSSR count). The molecular formula is C9H10N4. The maximum absolute atomic E-state index is 4.23. The number of nitrogens with zero attached hydrogens (tertiary/aromatic N) is 2. The molecule has 2 aromatic rings. The molecule has 0 atom stereocenters. The fourth-order valence-electron chi connectivity index (χ4n) is 1.84. The molecule has 2 N–H and O–H groups in total. The van der Waals surface area contributed by atoms with Gasteiger partial charge in [0.1, 0.15) is 17.8 Å². The number of anilines is 1. The van der Waals surface area contributed by atoms with E-state index in [1.807, 2.05) is 6.20 Å². The van der Waals surface area contributed by atoms with E-state index in [9.17, 15) is 0 Å². The second kappa shape index (κ2) is 2.45. The summed E-state index contributed by atoms with van der Waals surface area (Å²) in [5.41, 5.74) is 2.27. The van der Waals surface area contributed by atoms with Gasteiger partial charge in [-0.15, -0.1) is 0 Å². The van der Waals surface area contributed by atoms with Gasteiger partial charge in [0.25, 0.3) is 0 Å². The van der Waals surface area contributed by atoms with Crippen molar-refractivity contribution in [2.45, 2.75) is 12.8 Å². The van der Waals surface area contributed by atoms with E-state index in [2.05, 4.69) is 20.3 Å². The zero-order valence-electron chi connectivity index (χ0n) is 7.17. The Morgan fingerprint density at radius 2 is 2.31 bits per heavy atom. The molecule has 0 amide bonds. The molecule has 0 saturated heterocycles. The number of rotatable bonds is 0. The van der Waals surface area contributed by atoms with Crippen molar-refractivity contribution >= 4 is 16.9 Å². The first-order chi connectivity index (χ1) is 6.45. The van der Waals surface area contributed by atoms with E-state index in [4.69, 9.17) is 0 Å². The van der Waals surface area contributed by atoms with Crippen molar-refractivity contribution in [3.05, 3.63) is 18.1 Å². The van der Waals surface area contributed by atoms with Crippen LogP contribution in [0.5, 0.6) is 0 Å². The highest BCUT2D eigenvalue weighted by Crippen LogP contribution is 2.26. The van der Waals surface area contributed by atoms with Gasteiger partial charge in [0.2, 0.25) is 0 Å². The fourth-order valence-corrected chi connectivity index (χ4v) is 1.84. The Kier molecular flexibility index (Phi) is 1.30. The number of aryl methyl sites for hydroxylation is 1. The molecular weight excluding hydrogens is 164 g/mol. The third-order valence-electron chi connectivity index (χ3n) is 2.47. The van der Waals surface area contributed by atoms with E-state index in [0.717, 1.165) is 30.9 Å². The predicted octanol–water partition coefficient (Wildman–Crippen LogP) is 1.32. The molecule has 0 unspecified atom stereocenters. The highest BCUT2D eigenvalue weighted by molar-refractivity contribution is 5.90. The summed E-state index contributed by atoms with van der Waals surface area (Å²) in [7, 11) is 0. The Morgan fingerprint density at radius 3 is 3.31 bits per heavy atom. The number of aromatic nitrogens is 3. The first kappa shape index (κ1) is 6.88. The molecule has 13 heavy (non-hydrogen) atoms. The van der Waals surface area contributed by atoms with Crippen LogP contribution < -0.4 is 5.32 Å². The topological polar surface area (TPSA) is 53.6 Å². The van der Waals surface area contributed by atoms with E-state index in [-0.39, 0.29) is 0 Å². The van der Waals surface area contributed by atoms with E-state index in [0.29, 0.717) is 0 Å². The molecule has 1 aliphatic rings. The van der Waals surface area contributed by atoms with Crippen LogP contribution in [0.25, 0.3) is 11.0 Å². The van der Waals surface area contributed by atoms with Crippen LogP contribution in [0.4, 0.5) is 5.82 Å². The largest absolute Gasteiger partial charge is 0.369 e. The average molecular weight is 174 g/mol. The summed E-state index contributed by atoms with van der Waals surface area (Å²) < 4.78 is 0. The van der Waals surface area contributed by atoms with Crippen LogP contribution in [-0.4, -0.2) is 21.5 Å². The van der Waals surface area contributed by atoms with Crippen molar-refractivity contribution in [3.8, 4) is 0 Å². The van der Waals surface area contributed by atoms with Gasteiger partial charge in [0.05, 0.1) is 5.39 Å². The van der Waals surface area contributed by atoms with Gasteiger partial charge in [0, 0.05) is 12.7 Å². The summed E-state index contributed by atoms with van der Waals surface area (Å²) in [6.45, 7) is 1.00. The second-order valence-electron chi connectivity index (χ2n) is 3.29. The lowest BCUT2D eigenvalue weighted by molar-refractivity contribution is 0.875. The number of nitrogens with one attached hydrogen (secondary N) is 2. The lowest BCUT2D eigenvalue weighted by atomic mass is 10.1. The highest BCUT2D eigenvalue weighted by atomic mass is 15.0. The van der Waals surface area contributed by atoms with Crippen LogP contribution >= 0.6 is 0 Å². The smallest absolute Gasteiger partial charge is 0.143 e. The summed E-state index contributed by atoms with van der Waals surface area (Å²) in [6, 6.07) is 0. The van der Waals surface area contributed by atoms with E-state index in [1.165, 1.54) is 10.9 Å². The Labute approximate surface area is 75.4 Å². The van der Waals surface area contributed by atoms with Crippen molar-refractivity contribution in [1.29, 1.82) is 0 Å². The van der Waals surface area contributed by atoms with E-state index < -0.39 is 0 Å². The molecule has 66 valence electrons. The minimum atomic E-state index is 0.939. The van der Waals surface area contributed by atoms with Crippen molar-refractivity contribution in [1.82, 2.24) is 15.0 Å². The molecule has 0 spiro atoms. The lowest BCUT2D eigenvalue weighted by Crippen LogP contribution is -2.01. The molecule has 1 aliphatic heterocycles. The zero-order valence-corrected chi connectivity index (χ0v) is 7.17. The number of hydrogen-bond donors (Lipinski definition) is 2. The lowest BCUT2D eigenvalue weighted by Gasteiger charge is -2.01. The molecule has 0 aliphatic carbocycles. The minimum Gasteiger partial charge on any atom is -0.369 e. The van der Waals surface area contributed by atoms with Gasteiger partial charge in [-0.2, -0.15) is 0 Å². The van der Waals surface area contributed by atoms with Crippen molar-refractivity contribution in [3.63, 3.8) is 0 Å². The Bertz CT molecular complexity index is 446. The molecule has 0 fully saturated rings. The average Bonchev–Trinajstić information content (AvgIpc) is 2.44. The molecule has 0 radical (unpaired) electrons. The van der Waals surface area contributed by atoms with Crippen molar-refractivity contribution in [2.75, 3.05) is 11.9 Å². The van der Waals surface area contributed by atoms with Gasteiger partial charge in [-0.25, -0.2) is 9.97 Å².